The van der Waals surface area contributed by atoms with Gasteiger partial charge in [-0.3, -0.25) is 0 Å². The van der Waals surface area contributed by atoms with E-state index >= 15 is 0 Å². The second-order valence-corrected chi connectivity index (χ2v) is 15.2. The highest BCUT2D eigenvalue weighted by molar-refractivity contribution is 5.90. The Morgan fingerprint density at radius 1 is 0.345 bits per heavy atom. The molecule has 0 atom stereocenters. The van der Waals surface area contributed by atoms with Crippen molar-refractivity contribution in [3.63, 3.8) is 0 Å². The quantitative estimate of drug-likeness (QED) is 0.176. The second kappa shape index (κ2) is 13.4. The highest BCUT2D eigenvalue weighted by atomic mass is 16.5. The standard InChI is InChI=1S/C54H37N3O/c1-34-15-6-7-18-40(34)41-32-31-39(33-35(41)2)53-56-51(37-16-4-3-5-17-37)55-52(57-53)38-29-27-36(28-30-38)42-21-14-25-48-50(42)58-49-26-13-12-24-47(49)54(48)45-22-10-8-19-43(45)44-20-9-11-23-46(44)54/h3-33H,1-2H3. The van der Waals surface area contributed by atoms with E-state index < -0.39 is 5.41 Å². The average molecular weight is 744 g/mol. The number of fused-ring (bicyclic) bond motifs is 9. The first-order valence-corrected chi connectivity index (χ1v) is 19.8. The van der Waals surface area contributed by atoms with Crippen molar-refractivity contribution in [2.24, 2.45) is 0 Å². The zero-order chi connectivity index (χ0) is 38.8. The van der Waals surface area contributed by atoms with E-state index in [4.69, 9.17) is 19.7 Å². The fraction of sp³-hybridized carbons (Fsp3) is 0.0556. The number of para-hydroxylation sites is 2. The molecule has 0 fully saturated rings. The molecular weight excluding hydrogens is 707 g/mol. The molecule has 0 N–H and O–H groups in total. The Hall–Kier alpha value is -7.43. The minimum atomic E-state index is -0.515. The first-order valence-electron chi connectivity index (χ1n) is 19.8. The van der Waals surface area contributed by atoms with Crippen molar-refractivity contribution in [2.45, 2.75) is 19.3 Å². The number of hydrogen-bond donors (Lipinski definition) is 0. The molecule has 1 aliphatic heterocycles. The van der Waals surface area contributed by atoms with Crippen LogP contribution in [-0.4, -0.2) is 15.0 Å². The molecule has 0 saturated heterocycles. The van der Waals surface area contributed by atoms with Crippen molar-refractivity contribution in [1.82, 2.24) is 15.0 Å². The van der Waals surface area contributed by atoms with Gasteiger partial charge in [0, 0.05) is 33.4 Å². The molecule has 0 amide bonds. The van der Waals surface area contributed by atoms with Gasteiger partial charge in [-0.2, -0.15) is 0 Å². The maximum atomic E-state index is 6.94. The minimum Gasteiger partial charge on any atom is -0.456 e. The number of ether oxygens (including phenoxy) is 1. The van der Waals surface area contributed by atoms with Crippen LogP contribution in [-0.2, 0) is 5.41 Å². The van der Waals surface area contributed by atoms with Crippen LogP contribution >= 0.6 is 0 Å². The Labute approximate surface area is 338 Å². The van der Waals surface area contributed by atoms with Gasteiger partial charge in [0.25, 0.3) is 0 Å². The van der Waals surface area contributed by atoms with E-state index in [-0.39, 0.29) is 0 Å². The van der Waals surface area contributed by atoms with Crippen LogP contribution in [0.2, 0.25) is 0 Å². The van der Waals surface area contributed by atoms with Gasteiger partial charge >= 0.3 is 0 Å². The van der Waals surface area contributed by atoms with Gasteiger partial charge in [0.15, 0.2) is 17.5 Å². The summed E-state index contributed by atoms with van der Waals surface area (Å²) in [5, 5.41) is 0. The maximum Gasteiger partial charge on any atom is 0.164 e. The van der Waals surface area contributed by atoms with E-state index in [1.54, 1.807) is 0 Å². The van der Waals surface area contributed by atoms with Gasteiger partial charge in [0.05, 0.1) is 5.41 Å². The van der Waals surface area contributed by atoms with Crippen molar-refractivity contribution in [1.29, 1.82) is 0 Å². The summed E-state index contributed by atoms with van der Waals surface area (Å²) in [6, 6.07) is 66.4. The second-order valence-electron chi connectivity index (χ2n) is 15.2. The summed E-state index contributed by atoms with van der Waals surface area (Å²) >= 11 is 0. The van der Waals surface area contributed by atoms with Crippen molar-refractivity contribution in [3.8, 4) is 79.0 Å². The lowest BCUT2D eigenvalue weighted by Gasteiger charge is -2.40. The Balaban J connectivity index is 1.03. The minimum absolute atomic E-state index is 0.515. The van der Waals surface area contributed by atoms with E-state index in [1.807, 2.05) is 30.3 Å². The fourth-order valence-corrected chi connectivity index (χ4v) is 9.23. The molecule has 0 saturated carbocycles. The Kier molecular flexibility index (Phi) is 7.80. The summed E-state index contributed by atoms with van der Waals surface area (Å²) in [5.41, 5.74) is 16.6. The summed E-state index contributed by atoms with van der Waals surface area (Å²) in [5.74, 6) is 3.64. The van der Waals surface area contributed by atoms with Crippen LogP contribution in [0, 0.1) is 13.8 Å². The van der Waals surface area contributed by atoms with Crippen molar-refractivity contribution < 1.29 is 4.74 Å². The SMILES string of the molecule is Cc1ccccc1-c1ccc(-c2nc(-c3ccccc3)nc(-c3ccc(-c4cccc5c4Oc4ccccc4C54c5ccccc5-c5ccccc54)cc3)n2)cc1C. The molecule has 11 rings (SSSR count). The molecule has 2 heterocycles. The number of aryl methyl sites for hydroxylation is 2. The number of benzene rings is 8. The lowest BCUT2D eigenvalue weighted by Crippen LogP contribution is -2.32. The van der Waals surface area contributed by atoms with Gasteiger partial charge in [0.2, 0.25) is 0 Å². The molecule has 1 aromatic heterocycles. The zero-order valence-electron chi connectivity index (χ0n) is 32.1. The van der Waals surface area contributed by atoms with Crippen LogP contribution in [0.3, 0.4) is 0 Å². The molecule has 4 heteroatoms. The van der Waals surface area contributed by atoms with Crippen LogP contribution in [0.15, 0.2) is 188 Å². The topological polar surface area (TPSA) is 47.9 Å². The van der Waals surface area contributed by atoms with Crippen molar-refractivity contribution in [2.75, 3.05) is 0 Å². The molecule has 274 valence electrons. The van der Waals surface area contributed by atoms with Crippen LogP contribution in [0.1, 0.15) is 33.4 Å². The predicted octanol–water partition coefficient (Wildman–Crippen LogP) is 13.3. The van der Waals surface area contributed by atoms with E-state index in [0.717, 1.165) is 50.4 Å². The Morgan fingerprint density at radius 2 is 0.828 bits per heavy atom. The molecule has 2 aliphatic rings. The Bertz CT molecular complexity index is 3010. The third kappa shape index (κ3) is 5.19. The van der Waals surface area contributed by atoms with E-state index in [2.05, 4.69) is 172 Å². The number of hydrogen-bond acceptors (Lipinski definition) is 4. The molecule has 1 aliphatic carbocycles. The van der Waals surface area contributed by atoms with E-state index in [0.29, 0.717) is 17.5 Å². The molecule has 1 spiro atoms. The lowest BCUT2D eigenvalue weighted by molar-refractivity contribution is 0.438. The molecule has 0 radical (unpaired) electrons. The molecule has 8 aromatic carbocycles. The van der Waals surface area contributed by atoms with Crippen LogP contribution < -0.4 is 4.74 Å². The van der Waals surface area contributed by atoms with Gasteiger partial charge in [0.1, 0.15) is 11.5 Å². The highest BCUT2D eigenvalue weighted by Crippen LogP contribution is 2.63. The predicted molar refractivity (Wildman–Crippen MR) is 234 cm³/mol. The average Bonchev–Trinajstić information content (AvgIpc) is 3.57. The largest absolute Gasteiger partial charge is 0.456 e. The number of rotatable bonds is 5. The highest BCUT2D eigenvalue weighted by Gasteiger charge is 2.51. The molecule has 0 bridgehead atoms. The maximum absolute atomic E-state index is 6.94. The summed E-state index contributed by atoms with van der Waals surface area (Å²) < 4.78 is 6.94. The molecular formula is C54H37N3O. The molecule has 0 unspecified atom stereocenters. The third-order valence-electron chi connectivity index (χ3n) is 11.9. The van der Waals surface area contributed by atoms with E-state index in [1.165, 1.54) is 44.5 Å². The zero-order valence-corrected chi connectivity index (χ0v) is 32.1. The number of nitrogens with zero attached hydrogens (tertiary/aromatic N) is 3. The van der Waals surface area contributed by atoms with Gasteiger partial charge < -0.3 is 4.74 Å². The van der Waals surface area contributed by atoms with Gasteiger partial charge in [-0.25, -0.2) is 15.0 Å². The summed E-state index contributed by atoms with van der Waals surface area (Å²) in [7, 11) is 0. The summed E-state index contributed by atoms with van der Waals surface area (Å²) in [6.45, 7) is 4.31. The summed E-state index contributed by atoms with van der Waals surface area (Å²) in [4.78, 5) is 15.2. The summed E-state index contributed by atoms with van der Waals surface area (Å²) in [6.07, 6.45) is 0. The van der Waals surface area contributed by atoms with Crippen LogP contribution in [0.5, 0.6) is 11.5 Å². The van der Waals surface area contributed by atoms with E-state index in [9.17, 15) is 0 Å². The fourth-order valence-electron chi connectivity index (χ4n) is 9.23. The molecule has 9 aromatic rings. The number of aromatic nitrogens is 3. The van der Waals surface area contributed by atoms with Gasteiger partial charge in [-0.1, -0.05) is 176 Å². The normalized spacial score (nSPS) is 12.9. The Morgan fingerprint density at radius 3 is 1.50 bits per heavy atom. The first-order chi connectivity index (χ1) is 28.6. The lowest BCUT2D eigenvalue weighted by atomic mass is 9.65. The van der Waals surface area contributed by atoms with Gasteiger partial charge in [-0.05, 0) is 76.1 Å². The molecule has 58 heavy (non-hydrogen) atoms. The van der Waals surface area contributed by atoms with Crippen LogP contribution in [0.25, 0.3) is 67.5 Å². The first kappa shape index (κ1) is 33.9. The van der Waals surface area contributed by atoms with Crippen molar-refractivity contribution >= 4 is 0 Å². The monoisotopic (exact) mass is 743 g/mol. The third-order valence-corrected chi connectivity index (χ3v) is 11.9. The van der Waals surface area contributed by atoms with Crippen molar-refractivity contribution in [3.05, 3.63) is 221 Å². The smallest absolute Gasteiger partial charge is 0.164 e. The molecule has 4 nitrogen and oxygen atoms in total. The van der Waals surface area contributed by atoms with Crippen LogP contribution in [0.4, 0.5) is 0 Å². The van der Waals surface area contributed by atoms with Gasteiger partial charge in [-0.15, -0.1) is 0 Å².